The quantitative estimate of drug-likeness (QED) is 0.694. The van der Waals surface area contributed by atoms with Crippen LogP contribution >= 0.6 is 23.1 Å². The molecule has 2 nitrogen and oxygen atoms in total. The van der Waals surface area contributed by atoms with E-state index in [0.29, 0.717) is 6.04 Å². The summed E-state index contributed by atoms with van der Waals surface area (Å²) < 4.78 is 0. The van der Waals surface area contributed by atoms with Crippen molar-refractivity contribution in [1.82, 2.24) is 10.3 Å². The first-order valence-electron chi connectivity index (χ1n) is 3.17. The van der Waals surface area contributed by atoms with E-state index in [1.165, 1.54) is 10.8 Å². The molecular weight excluding hydrogens is 164 g/mol. The number of hydrogen-bond acceptors (Lipinski definition) is 4. The lowest BCUT2D eigenvalue weighted by Crippen LogP contribution is -2.13. The van der Waals surface area contributed by atoms with Crippen molar-refractivity contribution in [3.05, 3.63) is 16.6 Å². The zero-order chi connectivity index (χ0) is 6.81. The summed E-state index contributed by atoms with van der Waals surface area (Å²) >= 11 is 3.67. The monoisotopic (exact) mass is 172 g/mol. The summed E-state index contributed by atoms with van der Waals surface area (Å²) in [6, 6.07) is 0.519. The second-order valence-corrected chi connectivity index (χ2v) is 4.10. The minimum absolute atomic E-state index is 0.519. The maximum absolute atomic E-state index is 4.24. The van der Waals surface area contributed by atoms with E-state index in [1.54, 1.807) is 11.3 Å². The van der Waals surface area contributed by atoms with Crippen LogP contribution in [0.3, 0.4) is 0 Å². The van der Waals surface area contributed by atoms with Crippen molar-refractivity contribution in [2.24, 2.45) is 0 Å². The number of rotatable bonds is 1. The lowest BCUT2D eigenvalue weighted by atomic mass is 10.4. The first-order valence-corrected chi connectivity index (χ1v) is 5.21. The second-order valence-electron chi connectivity index (χ2n) is 2.14. The lowest BCUT2D eigenvalue weighted by molar-refractivity contribution is 0.671. The largest absolute Gasteiger partial charge is 0.298 e. The molecule has 4 heteroatoms. The van der Waals surface area contributed by atoms with Crippen LogP contribution in [-0.2, 0) is 0 Å². The Labute approximate surface area is 68.1 Å². The highest BCUT2D eigenvalue weighted by Gasteiger charge is 2.17. The van der Waals surface area contributed by atoms with E-state index in [-0.39, 0.29) is 0 Å². The van der Waals surface area contributed by atoms with Gasteiger partial charge >= 0.3 is 0 Å². The Balaban J connectivity index is 2.12. The molecule has 1 atom stereocenters. The predicted molar refractivity (Wildman–Crippen MR) is 45.3 cm³/mol. The molecule has 0 spiro atoms. The van der Waals surface area contributed by atoms with Crippen molar-refractivity contribution >= 4 is 23.1 Å². The molecule has 0 bridgehead atoms. The zero-order valence-electron chi connectivity index (χ0n) is 5.41. The van der Waals surface area contributed by atoms with Gasteiger partial charge in [0.25, 0.3) is 0 Å². The van der Waals surface area contributed by atoms with E-state index in [1.807, 2.05) is 23.3 Å². The Morgan fingerprint density at radius 1 is 1.70 bits per heavy atom. The highest BCUT2D eigenvalue weighted by Crippen LogP contribution is 2.24. The number of aromatic nitrogens is 1. The average molecular weight is 172 g/mol. The molecule has 0 aliphatic carbocycles. The summed E-state index contributed by atoms with van der Waals surface area (Å²) in [5.74, 6) is 2.25. The van der Waals surface area contributed by atoms with E-state index >= 15 is 0 Å². The molecule has 1 unspecified atom stereocenters. The summed E-state index contributed by atoms with van der Waals surface area (Å²) in [6.45, 7) is 0. The van der Waals surface area contributed by atoms with Gasteiger partial charge in [0.1, 0.15) is 5.01 Å². The molecule has 1 saturated heterocycles. The second kappa shape index (κ2) is 2.90. The van der Waals surface area contributed by atoms with Crippen LogP contribution in [-0.4, -0.2) is 16.6 Å². The summed E-state index contributed by atoms with van der Waals surface area (Å²) in [6.07, 6.45) is 1.87. The Morgan fingerprint density at radius 3 is 3.30 bits per heavy atom. The molecule has 1 aliphatic heterocycles. The average Bonchev–Trinajstić information content (AvgIpc) is 2.59. The Hall–Kier alpha value is -0.0600. The highest BCUT2D eigenvalue weighted by molar-refractivity contribution is 7.99. The third-order valence-electron chi connectivity index (χ3n) is 1.47. The summed E-state index contributed by atoms with van der Waals surface area (Å²) in [4.78, 5) is 4.24. The maximum atomic E-state index is 4.24. The molecule has 0 radical (unpaired) electrons. The topological polar surface area (TPSA) is 24.9 Å². The molecule has 0 amide bonds. The molecule has 0 aromatic carbocycles. The van der Waals surface area contributed by atoms with Gasteiger partial charge in [0.15, 0.2) is 0 Å². The molecule has 10 heavy (non-hydrogen) atoms. The first-order chi connectivity index (χ1) is 4.97. The van der Waals surface area contributed by atoms with Crippen molar-refractivity contribution in [3.63, 3.8) is 0 Å². The van der Waals surface area contributed by atoms with Gasteiger partial charge in [0.2, 0.25) is 0 Å². The molecule has 54 valence electrons. The van der Waals surface area contributed by atoms with Crippen LogP contribution in [0.5, 0.6) is 0 Å². The van der Waals surface area contributed by atoms with Gasteiger partial charge in [0.05, 0.1) is 6.04 Å². The molecule has 1 fully saturated rings. The third kappa shape index (κ3) is 1.19. The van der Waals surface area contributed by atoms with Gasteiger partial charge in [-0.2, -0.15) is 0 Å². The van der Waals surface area contributed by atoms with E-state index in [4.69, 9.17) is 0 Å². The van der Waals surface area contributed by atoms with Crippen molar-refractivity contribution in [1.29, 1.82) is 0 Å². The third-order valence-corrected chi connectivity index (χ3v) is 3.29. The van der Waals surface area contributed by atoms with Crippen LogP contribution in [0.25, 0.3) is 0 Å². The van der Waals surface area contributed by atoms with Crippen molar-refractivity contribution in [3.8, 4) is 0 Å². The molecule has 0 saturated carbocycles. The van der Waals surface area contributed by atoms with Crippen LogP contribution in [0.1, 0.15) is 11.0 Å². The van der Waals surface area contributed by atoms with E-state index < -0.39 is 0 Å². The maximum Gasteiger partial charge on any atom is 0.110 e. The van der Waals surface area contributed by atoms with Crippen molar-refractivity contribution < 1.29 is 0 Å². The molecule has 1 aliphatic rings. The molecule has 2 rings (SSSR count). The summed E-state index contributed by atoms with van der Waals surface area (Å²) in [5, 5.41) is 6.62. The minimum atomic E-state index is 0.519. The fourth-order valence-electron chi connectivity index (χ4n) is 0.960. The van der Waals surface area contributed by atoms with Gasteiger partial charge < -0.3 is 0 Å². The van der Waals surface area contributed by atoms with Gasteiger partial charge in [-0.1, -0.05) is 0 Å². The summed E-state index contributed by atoms with van der Waals surface area (Å²) in [5.41, 5.74) is 0. The number of nitrogens with one attached hydrogen (secondary N) is 1. The number of hydrogen-bond donors (Lipinski definition) is 1. The normalized spacial score (nSPS) is 25.4. The van der Waals surface area contributed by atoms with E-state index in [2.05, 4.69) is 10.3 Å². The van der Waals surface area contributed by atoms with Crippen molar-refractivity contribution in [2.45, 2.75) is 6.04 Å². The van der Waals surface area contributed by atoms with Crippen LogP contribution in [0, 0.1) is 0 Å². The van der Waals surface area contributed by atoms with E-state index in [0.717, 1.165) is 5.88 Å². The lowest BCUT2D eigenvalue weighted by Gasteiger charge is -2.02. The fraction of sp³-hybridized carbons (Fsp3) is 0.500. The summed E-state index contributed by atoms with van der Waals surface area (Å²) in [7, 11) is 0. The smallest absolute Gasteiger partial charge is 0.110 e. The van der Waals surface area contributed by atoms with Crippen LogP contribution < -0.4 is 5.32 Å². The number of nitrogens with zero attached hydrogens (tertiary/aromatic N) is 1. The fourth-order valence-corrected chi connectivity index (χ4v) is 2.73. The van der Waals surface area contributed by atoms with Crippen LogP contribution in [0.2, 0.25) is 0 Å². The standard InChI is InChI=1S/C6H8N2S2/c1-2-10-6(7-1)5-3-9-4-8-5/h1-2,5,8H,3-4H2. The minimum Gasteiger partial charge on any atom is -0.298 e. The van der Waals surface area contributed by atoms with E-state index in [9.17, 15) is 0 Å². The molecular formula is C6H8N2S2. The van der Waals surface area contributed by atoms with Crippen LogP contribution in [0.4, 0.5) is 0 Å². The van der Waals surface area contributed by atoms with Crippen LogP contribution in [0.15, 0.2) is 11.6 Å². The molecule has 1 aromatic rings. The van der Waals surface area contributed by atoms with Gasteiger partial charge in [-0.3, -0.25) is 5.32 Å². The van der Waals surface area contributed by atoms with Crippen molar-refractivity contribution in [2.75, 3.05) is 11.6 Å². The predicted octanol–water partition coefficient (Wildman–Crippen LogP) is 1.48. The number of thioether (sulfide) groups is 1. The van der Waals surface area contributed by atoms with Gasteiger partial charge in [0, 0.05) is 23.2 Å². The van der Waals surface area contributed by atoms with Gasteiger partial charge in [-0.25, -0.2) is 4.98 Å². The molecule has 1 aromatic heterocycles. The molecule has 2 heterocycles. The Bertz CT molecular complexity index is 192. The zero-order valence-corrected chi connectivity index (χ0v) is 7.04. The SMILES string of the molecule is c1csc(C2CSCN2)n1. The Kier molecular flexibility index (Phi) is 1.93. The van der Waals surface area contributed by atoms with Gasteiger partial charge in [-0.05, 0) is 0 Å². The van der Waals surface area contributed by atoms with Gasteiger partial charge in [-0.15, -0.1) is 23.1 Å². The molecule has 1 N–H and O–H groups in total. The first kappa shape index (κ1) is 6.64. The Morgan fingerprint density at radius 2 is 2.70 bits per heavy atom. The number of thiazole rings is 1. The highest BCUT2D eigenvalue weighted by atomic mass is 32.2.